The van der Waals surface area contributed by atoms with Gasteiger partial charge in [-0.3, -0.25) is 4.79 Å². The predicted octanol–water partition coefficient (Wildman–Crippen LogP) is 4.20. The van der Waals surface area contributed by atoms with Gasteiger partial charge in [0.05, 0.1) is 10.0 Å². The number of hydrogen-bond donors (Lipinski definition) is 1. The Hall–Kier alpha value is -1.75. The van der Waals surface area contributed by atoms with Gasteiger partial charge in [0, 0.05) is 31.7 Å². The minimum Gasteiger partial charge on any atom is -0.484 e. The Labute approximate surface area is 170 Å². The van der Waals surface area contributed by atoms with Crippen molar-refractivity contribution in [2.24, 2.45) is 0 Å². The lowest BCUT2D eigenvalue weighted by Gasteiger charge is -2.32. The number of ether oxygens (including phenoxy) is 1. The van der Waals surface area contributed by atoms with Gasteiger partial charge in [0.15, 0.2) is 6.61 Å². The molecule has 144 valence electrons. The molecule has 1 amide bonds. The molecule has 0 aromatic heterocycles. The first-order valence-electron chi connectivity index (χ1n) is 9.23. The summed E-state index contributed by atoms with van der Waals surface area (Å²) in [6, 6.07) is 15.7. The van der Waals surface area contributed by atoms with E-state index in [1.807, 2.05) is 6.07 Å². The number of halogens is 2. The summed E-state index contributed by atoms with van der Waals surface area (Å²) in [5.74, 6) is 0.430. The zero-order valence-electron chi connectivity index (χ0n) is 15.2. The van der Waals surface area contributed by atoms with Gasteiger partial charge in [-0.15, -0.1) is 0 Å². The molecule has 1 N–H and O–H groups in total. The molecule has 3 rings (SSSR count). The van der Waals surface area contributed by atoms with Crippen molar-refractivity contribution in [2.45, 2.75) is 25.3 Å². The van der Waals surface area contributed by atoms with Crippen LogP contribution in [0, 0.1) is 0 Å². The highest BCUT2D eigenvalue weighted by molar-refractivity contribution is 6.42. The summed E-state index contributed by atoms with van der Waals surface area (Å²) >= 11 is 11.8. The molecule has 6 heteroatoms. The molecule has 0 aliphatic carbocycles. The van der Waals surface area contributed by atoms with Crippen LogP contribution < -0.4 is 10.1 Å². The van der Waals surface area contributed by atoms with Gasteiger partial charge in [0.2, 0.25) is 0 Å². The Morgan fingerprint density at radius 3 is 2.52 bits per heavy atom. The summed E-state index contributed by atoms with van der Waals surface area (Å²) in [5.41, 5.74) is 1.37. The topological polar surface area (TPSA) is 41.6 Å². The van der Waals surface area contributed by atoms with Crippen molar-refractivity contribution < 1.29 is 9.53 Å². The number of nitrogens with zero attached hydrogens (tertiary/aromatic N) is 1. The molecule has 1 aliphatic rings. The first kappa shape index (κ1) is 20.0. The maximum absolute atomic E-state index is 12.1. The number of likely N-dealkylation sites (tertiary alicyclic amines) is 1. The zero-order valence-corrected chi connectivity index (χ0v) is 16.7. The number of nitrogens with one attached hydrogen (secondary N) is 1. The van der Waals surface area contributed by atoms with Gasteiger partial charge in [0.1, 0.15) is 5.75 Å². The van der Waals surface area contributed by atoms with Crippen LogP contribution in [0.25, 0.3) is 0 Å². The molecule has 4 nitrogen and oxygen atoms in total. The molecule has 1 fully saturated rings. The molecule has 27 heavy (non-hydrogen) atoms. The molecule has 2 aromatic carbocycles. The van der Waals surface area contributed by atoms with E-state index in [4.69, 9.17) is 27.9 Å². The average molecular weight is 407 g/mol. The smallest absolute Gasteiger partial charge is 0.258 e. The van der Waals surface area contributed by atoms with Crippen LogP contribution >= 0.6 is 23.2 Å². The Morgan fingerprint density at radius 2 is 1.81 bits per heavy atom. The average Bonchev–Trinajstić information content (AvgIpc) is 2.69. The largest absolute Gasteiger partial charge is 0.484 e. The van der Waals surface area contributed by atoms with Crippen molar-refractivity contribution in [1.82, 2.24) is 10.2 Å². The summed E-state index contributed by atoms with van der Waals surface area (Å²) in [6.45, 7) is 3.05. The normalized spacial score (nSPS) is 15.5. The minimum absolute atomic E-state index is 0.0216. The molecule has 0 unspecified atom stereocenters. The molecule has 0 saturated carbocycles. The summed E-state index contributed by atoms with van der Waals surface area (Å²) in [4.78, 5) is 14.6. The van der Waals surface area contributed by atoms with E-state index in [1.54, 1.807) is 18.2 Å². The highest BCUT2D eigenvalue weighted by Gasteiger charge is 2.20. The van der Waals surface area contributed by atoms with Crippen molar-refractivity contribution in [2.75, 3.05) is 26.2 Å². The molecule has 0 spiro atoms. The van der Waals surface area contributed by atoms with Gasteiger partial charge >= 0.3 is 0 Å². The zero-order chi connectivity index (χ0) is 19.1. The first-order chi connectivity index (χ1) is 13.1. The van der Waals surface area contributed by atoms with Crippen LogP contribution in [0.3, 0.4) is 0 Å². The number of rotatable bonds is 7. The van der Waals surface area contributed by atoms with E-state index in [-0.39, 0.29) is 18.6 Å². The van der Waals surface area contributed by atoms with Gasteiger partial charge in [-0.1, -0.05) is 53.5 Å². The first-order valence-corrected chi connectivity index (χ1v) is 9.99. The van der Waals surface area contributed by atoms with Gasteiger partial charge in [0.25, 0.3) is 5.91 Å². The third kappa shape index (κ3) is 6.42. The SMILES string of the molecule is O=C(COc1ccc(Cl)c(Cl)c1)NC1CCN(CCc2ccccc2)CC1. The van der Waals surface area contributed by atoms with Crippen LogP contribution in [-0.2, 0) is 11.2 Å². The van der Waals surface area contributed by atoms with Crippen LogP contribution in [0.4, 0.5) is 0 Å². The highest BCUT2D eigenvalue weighted by atomic mass is 35.5. The standard InChI is InChI=1S/C21H24Cl2N2O2/c22-19-7-6-18(14-20(19)23)27-15-21(26)24-17-9-12-25(13-10-17)11-8-16-4-2-1-3-5-16/h1-7,14,17H,8-13,15H2,(H,24,26). The van der Waals surface area contributed by atoms with Crippen molar-refractivity contribution in [1.29, 1.82) is 0 Å². The highest BCUT2D eigenvalue weighted by Crippen LogP contribution is 2.26. The van der Waals surface area contributed by atoms with Crippen molar-refractivity contribution in [3.05, 3.63) is 64.1 Å². The fraction of sp³-hybridized carbons (Fsp3) is 0.381. The molecular weight excluding hydrogens is 383 g/mol. The third-order valence-electron chi connectivity index (χ3n) is 4.77. The number of benzene rings is 2. The lowest BCUT2D eigenvalue weighted by atomic mass is 10.0. The van der Waals surface area contributed by atoms with Gasteiger partial charge in [-0.25, -0.2) is 0 Å². The third-order valence-corrected chi connectivity index (χ3v) is 5.51. The lowest BCUT2D eigenvalue weighted by molar-refractivity contribution is -0.124. The second-order valence-corrected chi connectivity index (χ2v) is 7.60. The predicted molar refractivity (Wildman–Crippen MR) is 110 cm³/mol. The summed E-state index contributed by atoms with van der Waals surface area (Å²) in [7, 11) is 0. The second-order valence-electron chi connectivity index (χ2n) is 6.78. The Kier molecular flexibility index (Phi) is 7.39. The number of carbonyl (C=O) groups is 1. The van der Waals surface area contributed by atoms with E-state index in [9.17, 15) is 4.79 Å². The van der Waals surface area contributed by atoms with Crippen LogP contribution in [0.5, 0.6) is 5.75 Å². The van der Waals surface area contributed by atoms with Crippen molar-refractivity contribution in [3.63, 3.8) is 0 Å². The van der Waals surface area contributed by atoms with Crippen molar-refractivity contribution in [3.8, 4) is 5.75 Å². The maximum atomic E-state index is 12.1. The second kappa shape index (κ2) is 9.98. The molecule has 0 atom stereocenters. The maximum Gasteiger partial charge on any atom is 0.258 e. The molecule has 1 saturated heterocycles. The Balaban J connectivity index is 1.34. The monoisotopic (exact) mass is 406 g/mol. The van der Waals surface area contributed by atoms with E-state index in [1.165, 1.54) is 5.56 Å². The van der Waals surface area contributed by atoms with Crippen LogP contribution in [0.15, 0.2) is 48.5 Å². The van der Waals surface area contributed by atoms with Gasteiger partial charge in [-0.05, 0) is 37.0 Å². The number of carbonyl (C=O) groups excluding carboxylic acids is 1. The quantitative estimate of drug-likeness (QED) is 0.748. The number of hydrogen-bond acceptors (Lipinski definition) is 3. The van der Waals surface area contributed by atoms with Crippen molar-refractivity contribution >= 4 is 29.1 Å². The Morgan fingerprint density at radius 1 is 1.07 bits per heavy atom. The number of piperidine rings is 1. The summed E-state index contributed by atoms with van der Waals surface area (Å²) in [6.07, 6.45) is 3.00. The van der Waals surface area contributed by atoms with Gasteiger partial charge < -0.3 is 15.0 Å². The van der Waals surface area contributed by atoms with Crippen LogP contribution in [0.2, 0.25) is 10.0 Å². The van der Waals surface area contributed by atoms with E-state index < -0.39 is 0 Å². The fourth-order valence-electron chi connectivity index (χ4n) is 3.22. The lowest BCUT2D eigenvalue weighted by Crippen LogP contribution is -2.46. The summed E-state index contributed by atoms with van der Waals surface area (Å²) in [5, 5.41) is 3.94. The summed E-state index contributed by atoms with van der Waals surface area (Å²) < 4.78 is 5.49. The molecule has 2 aromatic rings. The Bertz CT molecular complexity index is 747. The molecule has 0 radical (unpaired) electrons. The van der Waals surface area contributed by atoms with E-state index in [2.05, 4.69) is 34.5 Å². The fourth-order valence-corrected chi connectivity index (χ4v) is 3.51. The van der Waals surface area contributed by atoms with Crippen LogP contribution in [-0.4, -0.2) is 43.1 Å². The van der Waals surface area contributed by atoms with Gasteiger partial charge in [-0.2, -0.15) is 0 Å². The molecule has 1 heterocycles. The molecule has 1 aliphatic heterocycles. The van der Waals surface area contributed by atoms with E-state index >= 15 is 0 Å². The minimum atomic E-state index is -0.108. The van der Waals surface area contributed by atoms with E-state index in [0.29, 0.717) is 15.8 Å². The number of amides is 1. The van der Waals surface area contributed by atoms with Crippen LogP contribution in [0.1, 0.15) is 18.4 Å². The van der Waals surface area contributed by atoms with E-state index in [0.717, 1.165) is 38.9 Å². The molecule has 0 bridgehead atoms. The molecular formula is C21H24Cl2N2O2.